The summed E-state index contributed by atoms with van der Waals surface area (Å²) in [5.74, 6) is -0.219. The Balaban J connectivity index is 4.22. The number of unbranched alkanes of at least 4 members (excludes halogenated alkanes) is 34. The molecule has 416 valence electrons. The lowest BCUT2D eigenvalue weighted by Gasteiger charge is -2.29. The molecular formula is C62H117N2O6P. The monoisotopic (exact) mass is 1020 g/mol. The fraction of sp³-hybridized carbons (Fsp3) is 0.823. The van der Waals surface area contributed by atoms with Crippen LogP contribution >= 0.6 is 7.82 Å². The Morgan fingerprint density at radius 1 is 0.493 bits per heavy atom. The number of hydrogen-bond donors (Lipinski definition) is 2. The lowest BCUT2D eigenvalue weighted by atomic mass is 10.0. The number of likely N-dealkylation sites (N-methyl/N-ethyl adjacent to an activating group) is 1. The summed E-state index contributed by atoms with van der Waals surface area (Å²) in [7, 11) is 1.23. The fourth-order valence-corrected chi connectivity index (χ4v) is 9.41. The third-order valence-electron chi connectivity index (χ3n) is 13.4. The first-order valence-corrected chi connectivity index (χ1v) is 31.6. The van der Waals surface area contributed by atoms with E-state index in [1.807, 2.05) is 27.2 Å². The van der Waals surface area contributed by atoms with Crippen LogP contribution in [-0.2, 0) is 18.4 Å². The molecule has 0 saturated carbocycles. The SMILES string of the molecule is CCCCCC/C=C\C/C=C\CCCCCCCCCC(=O)NC(COP(=O)([O-])OCC[N+](C)(C)C)C(O)/C=C/CC/C=C/CC/C=C/CCCCCCCCCCCCCCCCCCCCCCC. The number of carbonyl (C=O) groups excluding carboxylic acids is 1. The van der Waals surface area contributed by atoms with Crippen LogP contribution in [0.3, 0.4) is 0 Å². The van der Waals surface area contributed by atoms with Gasteiger partial charge in [0.1, 0.15) is 13.2 Å². The molecule has 1 amide bonds. The van der Waals surface area contributed by atoms with Crippen molar-refractivity contribution in [3.8, 4) is 0 Å². The summed E-state index contributed by atoms with van der Waals surface area (Å²) in [4.78, 5) is 25.5. The zero-order valence-electron chi connectivity index (χ0n) is 47.4. The van der Waals surface area contributed by atoms with Crippen molar-refractivity contribution in [3.63, 3.8) is 0 Å². The molecule has 0 saturated heterocycles. The Labute approximate surface area is 441 Å². The minimum absolute atomic E-state index is 0.0124. The highest BCUT2D eigenvalue weighted by atomic mass is 31.2. The van der Waals surface area contributed by atoms with Crippen LogP contribution < -0.4 is 10.2 Å². The zero-order chi connectivity index (χ0) is 52.0. The molecule has 0 aliphatic rings. The number of phosphoric acid groups is 1. The summed E-state index contributed by atoms with van der Waals surface area (Å²) in [6, 6.07) is -0.917. The maximum Gasteiger partial charge on any atom is 0.268 e. The first-order valence-electron chi connectivity index (χ1n) is 30.2. The summed E-state index contributed by atoms with van der Waals surface area (Å²) in [5.41, 5.74) is 0. The van der Waals surface area contributed by atoms with E-state index in [-0.39, 0.29) is 12.5 Å². The molecule has 0 aliphatic carbocycles. The Bertz CT molecular complexity index is 1340. The van der Waals surface area contributed by atoms with Crippen molar-refractivity contribution < 1.29 is 32.9 Å². The maximum absolute atomic E-state index is 12.9. The first kappa shape index (κ1) is 69.2. The van der Waals surface area contributed by atoms with Gasteiger partial charge < -0.3 is 28.8 Å². The third-order valence-corrected chi connectivity index (χ3v) is 14.4. The number of phosphoric ester groups is 1. The maximum atomic E-state index is 12.9. The molecule has 71 heavy (non-hydrogen) atoms. The first-order chi connectivity index (χ1) is 34.5. The summed E-state index contributed by atoms with van der Waals surface area (Å²) in [6.45, 7) is 4.62. The van der Waals surface area contributed by atoms with Gasteiger partial charge in [-0.25, -0.2) is 0 Å². The summed E-state index contributed by atoms with van der Waals surface area (Å²) in [6.07, 6.45) is 71.8. The van der Waals surface area contributed by atoms with Crippen molar-refractivity contribution in [1.82, 2.24) is 5.32 Å². The zero-order valence-corrected chi connectivity index (χ0v) is 48.3. The average molecular weight is 1020 g/mol. The van der Waals surface area contributed by atoms with Crippen LogP contribution in [0.1, 0.15) is 277 Å². The van der Waals surface area contributed by atoms with Crippen molar-refractivity contribution >= 4 is 13.7 Å². The van der Waals surface area contributed by atoms with E-state index in [0.29, 0.717) is 17.4 Å². The number of nitrogens with zero attached hydrogens (tertiary/aromatic N) is 1. The minimum Gasteiger partial charge on any atom is -0.756 e. The molecule has 0 spiro atoms. The molecule has 0 rings (SSSR count). The average Bonchev–Trinajstić information content (AvgIpc) is 3.33. The van der Waals surface area contributed by atoms with Gasteiger partial charge in [0.25, 0.3) is 7.82 Å². The van der Waals surface area contributed by atoms with E-state index < -0.39 is 26.6 Å². The number of nitrogens with one attached hydrogen (secondary N) is 1. The molecule has 3 atom stereocenters. The molecule has 0 aromatic carbocycles. The van der Waals surface area contributed by atoms with Gasteiger partial charge in [-0.3, -0.25) is 9.36 Å². The largest absolute Gasteiger partial charge is 0.756 e. The summed E-state index contributed by atoms with van der Waals surface area (Å²) >= 11 is 0. The summed E-state index contributed by atoms with van der Waals surface area (Å²) in [5, 5.41) is 13.9. The second-order valence-electron chi connectivity index (χ2n) is 21.7. The van der Waals surface area contributed by atoms with Crippen LogP contribution in [-0.4, -0.2) is 68.5 Å². The minimum atomic E-state index is -4.61. The molecule has 3 unspecified atom stereocenters. The van der Waals surface area contributed by atoms with Gasteiger partial charge in [-0.1, -0.05) is 254 Å². The molecule has 8 nitrogen and oxygen atoms in total. The molecular weight excluding hydrogens is 900 g/mol. The van der Waals surface area contributed by atoms with Gasteiger partial charge in [-0.15, -0.1) is 0 Å². The highest BCUT2D eigenvalue weighted by Gasteiger charge is 2.23. The second-order valence-corrected chi connectivity index (χ2v) is 23.1. The fourth-order valence-electron chi connectivity index (χ4n) is 8.69. The molecule has 0 aromatic heterocycles. The van der Waals surface area contributed by atoms with Crippen LogP contribution in [0.25, 0.3) is 0 Å². The van der Waals surface area contributed by atoms with Crippen molar-refractivity contribution in [1.29, 1.82) is 0 Å². The van der Waals surface area contributed by atoms with E-state index in [0.717, 1.165) is 64.2 Å². The van der Waals surface area contributed by atoms with Gasteiger partial charge in [0, 0.05) is 6.42 Å². The topological polar surface area (TPSA) is 108 Å². The third kappa shape index (κ3) is 55.8. The van der Waals surface area contributed by atoms with Crippen molar-refractivity contribution in [2.24, 2.45) is 0 Å². The molecule has 0 bridgehead atoms. The van der Waals surface area contributed by atoms with Gasteiger partial charge in [-0.05, 0) is 77.0 Å². The normalized spacial score (nSPS) is 14.3. The number of allylic oxidation sites excluding steroid dienone is 9. The number of rotatable bonds is 55. The van der Waals surface area contributed by atoms with Gasteiger partial charge in [0.15, 0.2) is 0 Å². The molecule has 0 heterocycles. The molecule has 0 aromatic rings. The van der Waals surface area contributed by atoms with Gasteiger partial charge in [-0.2, -0.15) is 0 Å². The number of hydrogen-bond acceptors (Lipinski definition) is 6. The molecule has 9 heteroatoms. The molecule has 2 N–H and O–H groups in total. The summed E-state index contributed by atoms with van der Waals surface area (Å²) < 4.78 is 23.3. The number of aliphatic hydroxyl groups excluding tert-OH is 1. The number of amides is 1. The van der Waals surface area contributed by atoms with E-state index in [9.17, 15) is 19.4 Å². The smallest absolute Gasteiger partial charge is 0.268 e. The van der Waals surface area contributed by atoms with Crippen LogP contribution in [0.5, 0.6) is 0 Å². The van der Waals surface area contributed by atoms with E-state index in [4.69, 9.17) is 9.05 Å². The van der Waals surface area contributed by atoms with Crippen LogP contribution in [0, 0.1) is 0 Å². The number of aliphatic hydroxyl groups is 1. The lowest BCUT2D eigenvalue weighted by Crippen LogP contribution is -2.45. The van der Waals surface area contributed by atoms with Crippen LogP contribution in [0.15, 0.2) is 60.8 Å². The van der Waals surface area contributed by atoms with E-state index in [2.05, 4.69) is 67.8 Å². The van der Waals surface area contributed by atoms with Crippen molar-refractivity contribution in [3.05, 3.63) is 60.8 Å². The van der Waals surface area contributed by atoms with E-state index in [1.54, 1.807) is 6.08 Å². The highest BCUT2D eigenvalue weighted by molar-refractivity contribution is 7.45. The van der Waals surface area contributed by atoms with Gasteiger partial charge in [0.2, 0.25) is 5.91 Å². The molecule has 0 aliphatic heterocycles. The highest BCUT2D eigenvalue weighted by Crippen LogP contribution is 2.38. The van der Waals surface area contributed by atoms with Crippen molar-refractivity contribution in [2.45, 2.75) is 289 Å². The Hall–Kier alpha value is -1.80. The van der Waals surface area contributed by atoms with Gasteiger partial charge in [0.05, 0.1) is 39.9 Å². The quantitative estimate of drug-likeness (QED) is 0.0272. The Kier molecular flexibility index (Phi) is 51.7. The van der Waals surface area contributed by atoms with Gasteiger partial charge >= 0.3 is 0 Å². The Morgan fingerprint density at radius 3 is 1.24 bits per heavy atom. The standard InChI is InChI=1S/C62H117N2O6P/c1-6-8-10-12-14-16-18-20-22-24-26-27-28-29-30-31-32-33-34-35-36-37-38-39-41-43-45-47-49-51-53-55-61(65)60(59-70-71(67,68)69-58-57-64(3,4)5)63-62(66)56-54-52-50-48-46-44-42-40-25-23-21-19-17-15-13-11-9-7-2/h17,19,23,25,38-39,45,47,53,55,60-61,65H,6-16,18,20-22,24,26-37,40-44,46,48-52,54,56-59H2,1-5H3,(H-,63,66,67,68)/b19-17-,25-23-,39-38+,47-45+,55-53+. The van der Waals surface area contributed by atoms with E-state index in [1.165, 1.54) is 193 Å². The van der Waals surface area contributed by atoms with E-state index >= 15 is 0 Å². The lowest BCUT2D eigenvalue weighted by molar-refractivity contribution is -0.870. The molecule has 0 fully saturated rings. The van der Waals surface area contributed by atoms with Crippen LogP contribution in [0.2, 0.25) is 0 Å². The predicted molar refractivity (Wildman–Crippen MR) is 307 cm³/mol. The second kappa shape index (κ2) is 53.0. The predicted octanol–water partition coefficient (Wildman–Crippen LogP) is 17.9. The number of quaternary nitrogens is 1. The molecule has 0 radical (unpaired) electrons. The number of carbonyl (C=O) groups is 1. The van der Waals surface area contributed by atoms with Crippen LogP contribution in [0.4, 0.5) is 0 Å². The Morgan fingerprint density at radius 2 is 0.831 bits per heavy atom. The van der Waals surface area contributed by atoms with Crippen molar-refractivity contribution in [2.75, 3.05) is 40.9 Å².